The molecule has 5 rings (SSSR count). The number of nitrogens with zero attached hydrogens (tertiary/aromatic N) is 6. The molecule has 3 aromatic heterocycles. The molecular formula is C48H71N7O6S. The maximum Gasteiger partial charge on any atom is 0.410 e. The Morgan fingerprint density at radius 3 is 2.15 bits per heavy atom. The largest absolute Gasteiger partial charge is 0.444 e. The fraction of sp³-hybridized carbons (Fsp3) is 0.521. The Kier molecular flexibility index (Phi) is 19.4. The third-order valence-electron chi connectivity index (χ3n) is 9.46. The van der Waals surface area contributed by atoms with Gasteiger partial charge in [-0.15, -0.1) is 11.3 Å². The van der Waals surface area contributed by atoms with Crippen LogP contribution in [0.1, 0.15) is 112 Å². The minimum Gasteiger partial charge on any atom is -0.444 e. The first-order valence-electron chi connectivity index (χ1n) is 21.6. The van der Waals surface area contributed by atoms with Gasteiger partial charge in [-0.2, -0.15) is 0 Å². The van der Waals surface area contributed by atoms with E-state index in [0.717, 1.165) is 57.7 Å². The van der Waals surface area contributed by atoms with Crippen LogP contribution in [-0.2, 0) is 22.3 Å². The van der Waals surface area contributed by atoms with Gasteiger partial charge in [0.25, 0.3) is 0 Å². The van der Waals surface area contributed by atoms with Crippen LogP contribution in [0.5, 0.6) is 0 Å². The van der Waals surface area contributed by atoms with Crippen LogP contribution in [0.2, 0.25) is 0 Å². The fourth-order valence-electron chi connectivity index (χ4n) is 6.96. The Labute approximate surface area is 373 Å². The van der Waals surface area contributed by atoms with Gasteiger partial charge in [-0.05, 0) is 105 Å². The van der Waals surface area contributed by atoms with Crippen molar-refractivity contribution >= 4 is 40.4 Å². The molecular weight excluding hydrogens is 803 g/mol. The van der Waals surface area contributed by atoms with Gasteiger partial charge < -0.3 is 39.8 Å². The summed E-state index contributed by atoms with van der Waals surface area (Å²) in [6.07, 6.45) is 13.1. The Morgan fingerprint density at radius 1 is 0.935 bits per heavy atom. The lowest BCUT2D eigenvalue weighted by Crippen LogP contribution is -2.42. The van der Waals surface area contributed by atoms with Crippen molar-refractivity contribution in [3.05, 3.63) is 96.5 Å². The molecule has 340 valence electrons. The second-order valence-electron chi connectivity index (χ2n) is 17.7. The molecule has 3 heterocycles. The molecule has 1 fully saturated rings. The quantitative estimate of drug-likeness (QED) is 0.0772. The number of aliphatic hydroxyl groups is 2. The molecule has 0 radical (unpaired) electrons. The van der Waals surface area contributed by atoms with Gasteiger partial charge in [0.1, 0.15) is 34.0 Å². The zero-order valence-electron chi connectivity index (χ0n) is 38.7. The van der Waals surface area contributed by atoms with Crippen LogP contribution in [0.4, 0.5) is 15.4 Å². The first-order chi connectivity index (χ1) is 29.1. The van der Waals surface area contributed by atoms with Crippen molar-refractivity contribution in [2.24, 2.45) is 5.92 Å². The lowest BCUT2D eigenvalue weighted by atomic mass is 10.1. The number of nitrogen functional groups attached to an aromatic ring is 1. The minimum absolute atomic E-state index is 0.152. The first kappa shape index (κ1) is 51.3. The normalized spacial score (nSPS) is 15.5. The van der Waals surface area contributed by atoms with Crippen LogP contribution in [0.3, 0.4) is 0 Å². The van der Waals surface area contributed by atoms with Crippen LogP contribution < -0.4 is 5.73 Å². The van der Waals surface area contributed by atoms with E-state index in [4.69, 9.17) is 35.4 Å². The monoisotopic (exact) mass is 874 g/mol. The maximum absolute atomic E-state index is 13.6. The molecule has 62 heavy (non-hydrogen) atoms. The fourth-order valence-corrected chi connectivity index (χ4v) is 7.80. The number of amides is 2. The smallest absolute Gasteiger partial charge is 0.410 e. The number of thiazole rings is 1. The summed E-state index contributed by atoms with van der Waals surface area (Å²) >= 11 is 1.57. The van der Waals surface area contributed by atoms with Crippen molar-refractivity contribution in [3.63, 3.8) is 0 Å². The number of aromatic nitrogens is 4. The predicted octanol–water partition coefficient (Wildman–Crippen LogP) is 10.2. The summed E-state index contributed by atoms with van der Waals surface area (Å²) < 4.78 is 13.9. The number of benzene rings is 1. The van der Waals surface area contributed by atoms with Gasteiger partial charge in [-0.25, -0.2) is 24.5 Å². The number of fused-ring (bicyclic) bond motifs is 1. The van der Waals surface area contributed by atoms with Crippen LogP contribution >= 0.6 is 11.3 Å². The van der Waals surface area contributed by atoms with Gasteiger partial charge in [0.15, 0.2) is 5.79 Å². The van der Waals surface area contributed by atoms with Gasteiger partial charge in [-0.1, -0.05) is 75.6 Å². The van der Waals surface area contributed by atoms with E-state index in [1.807, 2.05) is 90.6 Å². The van der Waals surface area contributed by atoms with E-state index in [2.05, 4.69) is 46.4 Å². The molecule has 0 unspecified atom stereocenters. The Balaban J connectivity index is 0.00000136. The summed E-state index contributed by atoms with van der Waals surface area (Å²) in [5.41, 5.74) is 10.1. The summed E-state index contributed by atoms with van der Waals surface area (Å²) in [4.78, 5) is 44.5. The van der Waals surface area contributed by atoms with Crippen LogP contribution in [0, 0.1) is 5.92 Å². The highest BCUT2D eigenvalue weighted by Gasteiger charge is 2.33. The molecule has 1 aliphatic rings. The van der Waals surface area contributed by atoms with E-state index in [-0.39, 0.29) is 24.1 Å². The van der Waals surface area contributed by atoms with Crippen molar-refractivity contribution in [1.82, 2.24) is 29.3 Å². The highest BCUT2D eigenvalue weighted by molar-refractivity contribution is 7.13. The summed E-state index contributed by atoms with van der Waals surface area (Å²) in [6, 6.07) is 10.3. The zero-order valence-corrected chi connectivity index (χ0v) is 39.5. The molecule has 0 spiro atoms. The van der Waals surface area contributed by atoms with Gasteiger partial charge in [0.2, 0.25) is 0 Å². The number of rotatable bonds is 15. The van der Waals surface area contributed by atoms with E-state index < -0.39 is 17.0 Å². The molecule has 1 aliphatic carbocycles. The van der Waals surface area contributed by atoms with E-state index in [9.17, 15) is 9.59 Å². The number of anilines is 1. The van der Waals surface area contributed by atoms with Crippen molar-refractivity contribution in [2.45, 2.75) is 131 Å². The molecule has 2 atom stereocenters. The summed E-state index contributed by atoms with van der Waals surface area (Å²) in [6.45, 7) is 27.5. The second-order valence-corrected chi connectivity index (χ2v) is 18.6. The third-order valence-corrected chi connectivity index (χ3v) is 10.4. The molecule has 14 heteroatoms. The van der Waals surface area contributed by atoms with Gasteiger partial charge in [0, 0.05) is 55.8 Å². The Hall–Kier alpha value is -5.05. The number of carbonyl (C=O) groups is 2. The minimum atomic E-state index is -1.50. The highest BCUT2D eigenvalue weighted by Crippen LogP contribution is 2.42. The molecule has 13 nitrogen and oxygen atoms in total. The van der Waals surface area contributed by atoms with Crippen LogP contribution in [-0.4, -0.2) is 94.9 Å². The van der Waals surface area contributed by atoms with E-state index in [0.29, 0.717) is 51.3 Å². The number of hydrogen-bond acceptors (Lipinski definition) is 11. The lowest BCUT2D eigenvalue weighted by molar-refractivity contribution is -0.127. The zero-order chi connectivity index (χ0) is 46.3. The third kappa shape index (κ3) is 17.0. The van der Waals surface area contributed by atoms with E-state index in [1.54, 1.807) is 22.3 Å². The molecule has 4 aromatic rings. The van der Waals surface area contributed by atoms with Gasteiger partial charge >= 0.3 is 12.2 Å². The predicted molar refractivity (Wildman–Crippen MR) is 252 cm³/mol. The van der Waals surface area contributed by atoms with Crippen LogP contribution in [0.25, 0.3) is 21.6 Å². The van der Waals surface area contributed by atoms with Crippen molar-refractivity contribution in [3.8, 4) is 10.6 Å². The SMILES string of the molecule is C=C/C=C(\C=C)Cc1csc(-c2cn([C@H]3CC[C@@H](CN(CCCN(CCc4ccccc4)C(=O)OC(C)(C)C)C(=O)OC(C)(C)C)C3)c3ncnc(N)c23)n1.CC.CC(C)(O)O. The van der Waals surface area contributed by atoms with Crippen molar-refractivity contribution in [2.75, 3.05) is 31.9 Å². The van der Waals surface area contributed by atoms with Gasteiger partial charge in [0.05, 0.1) is 11.1 Å². The molecule has 0 aliphatic heterocycles. The molecule has 0 saturated heterocycles. The van der Waals surface area contributed by atoms with Crippen LogP contribution in [0.15, 0.2) is 85.2 Å². The number of ether oxygens (including phenoxy) is 2. The summed E-state index contributed by atoms with van der Waals surface area (Å²) in [7, 11) is 0. The summed E-state index contributed by atoms with van der Waals surface area (Å²) in [5, 5.41) is 19.9. The number of allylic oxidation sites excluding steroid dienone is 4. The molecule has 2 amide bonds. The van der Waals surface area contributed by atoms with E-state index >= 15 is 0 Å². The van der Waals surface area contributed by atoms with Gasteiger partial charge in [-0.3, -0.25) is 0 Å². The van der Waals surface area contributed by atoms with Crippen molar-refractivity contribution in [1.29, 1.82) is 0 Å². The second kappa shape index (κ2) is 23.4. The van der Waals surface area contributed by atoms with E-state index in [1.165, 1.54) is 20.2 Å². The highest BCUT2D eigenvalue weighted by atomic mass is 32.1. The maximum atomic E-state index is 13.6. The van der Waals surface area contributed by atoms with Crippen molar-refractivity contribution < 1.29 is 29.3 Å². The first-order valence-corrected chi connectivity index (χ1v) is 22.5. The molecule has 1 aromatic carbocycles. The standard InChI is InChI=1S/C43H57N7O4S.C3H8O2.C2H6/c1-9-15-30(10-2)24-33-28-55-39(47-33)35-27-50(38-36(35)37(44)45-29-46-38)34-19-18-32(25-34)26-49(41(52)54-43(6,7)8)22-14-21-48(40(51)53-42(3,4)5)23-20-31-16-12-11-13-17-31;1-3(2,4)5;1-2/h9-13,15-17,27-29,32,34H,1-2,14,18-26H2,3-8H3,(H2,44,45,46);4-5H,1-2H3;1-2H3/b30-15+;;/t32-,34+;;/m1../s1. The molecule has 4 N–H and O–H groups in total. The number of carbonyl (C=O) groups excluding carboxylic acids is 2. The number of nitrogens with two attached hydrogens (primary N) is 1. The molecule has 1 saturated carbocycles. The Bertz CT molecular complexity index is 2070. The average molecular weight is 874 g/mol. The molecule has 0 bridgehead atoms. The summed E-state index contributed by atoms with van der Waals surface area (Å²) in [5.74, 6) is -0.846. The Morgan fingerprint density at radius 2 is 1.55 bits per heavy atom. The lowest BCUT2D eigenvalue weighted by Gasteiger charge is -2.31. The average Bonchev–Trinajstić information content (AvgIpc) is 3.94. The topological polar surface area (TPSA) is 169 Å². The number of hydrogen-bond donors (Lipinski definition) is 3.